The average Bonchev–Trinajstić information content (AvgIpc) is 2.91. The van der Waals surface area contributed by atoms with Gasteiger partial charge in [-0.1, -0.05) is 5.16 Å². The van der Waals surface area contributed by atoms with Gasteiger partial charge < -0.3 is 4.52 Å². The van der Waals surface area contributed by atoms with Crippen molar-refractivity contribution in [3.8, 4) is 11.4 Å². The highest BCUT2D eigenvalue weighted by molar-refractivity contribution is 7.91. The van der Waals surface area contributed by atoms with Gasteiger partial charge in [-0.3, -0.25) is 4.68 Å². The maximum Gasteiger partial charge on any atom is 0.230 e. The van der Waals surface area contributed by atoms with Crippen LogP contribution in [-0.4, -0.2) is 46.5 Å². The molecule has 2 aliphatic rings. The first kappa shape index (κ1) is 14.8. The lowest BCUT2D eigenvalue weighted by Crippen LogP contribution is -2.25. The number of halogens is 1. The first-order chi connectivity index (χ1) is 11.0. The van der Waals surface area contributed by atoms with Crippen LogP contribution >= 0.6 is 0 Å². The molecule has 124 valence electrons. The summed E-state index contributed by atoms with van der Waals surface area (Å²) >= 11 is 0. The Hall–Kier alpha value is -1.77. The van der Waals surface area contributed by atoms with Crippen LogP contribution < -0.4 is 0 Å². The third-order valence-corrected chi connectivity index (χ3v) is 6.61. The second kappa shape index (κ2) is 5.12. The summed E-state index contributed by atoms with van der Waals surface area (Å²) in [5.41, 5.74) is 0.711. The number of nitrogens with zero attached hydrogens (tertiary/aromatic N) is 4. The Balaban J connectivity index is 1.49. The van der Waals surface area contributed by atoms with E-state index < -0.39 is 16.5 Å². The number of hydrogen-bond donors (Lipinski definition) is 0. The van der Waals surface area contributed by atoms with E-state index in [0.29, 0.717) is 30.1 Å². The van der Waals surface area contributed by atoms with Crippen molar-refractivity contribution in [1.82, 2.24) is 19.9 Å². The quantitative estimate of drug-likeness (QED) is 0.839. The Kier molecular flexibility index (Phi) is 3.29. The molecule has 1 saturated carbocycles. The summed E-state index contributed by atoms with van der Waals surface area (Å²) in [6.45, 7) is -0.281. The van der Waals surface area contributed by atoms with E-state index in [1.54, 1.807) is 12.4 Å². The van der Waals surface area contributed by atoms with Crippen molar-refractivity contribution in [2.24, 2.45) is 5.41 Å². The lowest BCUT2D eigenvalue weighted by Gasteiger charge is -2.21. The van der Waals surface area contributed by atoms with Gasteiger partial charge in [0.15, 0.2) is 0 Å². The molecule has 4 rings (SSSR count). The maximum absolute atomic E-state index is 12.3. The summed E-state index contributed by atoms with van der Waals surface area (Å²) in [5.74, 6) is 1.66. The van der Waals surface area contributed by atoms with Crippen LogP contribution in [0.25, 0.3) is 11.4 Å². The molecule has 1 aliphatic heterocycles. The van der Waals surface area contributed by atoms with Crippen molar-refractivity contribution in [1.29, 1.82) is 0 Å². The van der Waals surface area contributed by atoms with Gasteiger partial charge >= 0.3 is 0 Å². The normalized spacial score (nSPS) is 24.8. The minimum absolute atomic E-state index is 0.0214. The van der Waals surface area contributed by atoms with Crippen LogP contribution in [0.15, 0.2) is 16.9 Å². The molecule has 7 nitrogen and oxygen atoms in total. The van der Waals surface area contributed by atoms with Crippen molar-refractivity contribution in [2.45, 2.75) is 31.7 Å². The molecule has 0 aromatic carbocycles. The van der Waals surface area contributed by atoms with Gasteiger partial charge in [0.1, 0.15) is 16.5 Å². The highest BCUT2D eigenvalue weighted by Crippen LogP contribution is 2.64. The fourth-order valence-corrected chi connectivity index (χ4v) is 5.02. The van der Waals surface area contributed by atoms with E-state index in [1.807, 2.05) is 0 Å². The first-order valence-corrected chi connectivity index (χ1v) is 9.46. The molecule has 2 aromatic rings. The average molecular weight is 340 g/mol. The van der Waals surface area contributed by atoms with Crippen molar-refractivity contribution in [3.63, 3.8) is 0 Å². The van der Waals surface area contributed by atoms with Gasteiger partial charge in [-0.05, 0) is 24.7 Å². The standard InChI is InChI=1S/C14H17FN4O3S/c15-3-4-19-9-10(8-16-19)12-17-13(22-18-12)11-7-14(11)1-5-23(20,21)6-2-14/h8-9,11H,1-7H2. The number of alkyl halides is 1. The number of hydrogen-bond acceptors (Lipinski definition) is 6. The zero-order valence-corrected chi connectivity index (χ0v) is 13.3. The SMILES string of the molecule is O=S1(=O)CCC2(CC1)CC2c1nc(-c2cnn(CCF)c2)no1. The Labute approximate surface area is 132 Å². The summed E-state index contributed by atoms with van der Waals surface area (Å²) in [4.78, 5) is 4.43. The molecule has 3 heterocycles. The number of aromatic nitrogens is 4. The molecule has 0 N–H and O–H groups in total. The van der Waals surface area contributed by atoms with E-state index in [0.717, 1.165) is 6.42 Å². The molecular weight excluding hydrogens is 323 g/mol. The fraction of sp³-hybridized carbons (Fsp3) is 0.643. The van der Waals surface area contributed by atoms with E-state index in [1.165, 1.54) is 4.68 Å². The van der Waals surface area contributed by atoms with Gasteiger partial charge in [0, 0.05) is 12.1 Å². The van der Waals surface area contributed by atoms with E-state index >= 15 is 0 Å². The monoisotopic (exact) mass is 340 g/mol. The van der Waals surface area contributed by atoms with E-state index in [-0.39, 0.29) is 29.4 Å². The second-order valence-electron chi connectivity index (χ2n) is 6.41. The number of sulfone groups is 1. The molecule has 0 amide bonds. The molecule has 1 spiro atoms. The minimum Gasteiger partial charge on any atom is -0.339 e. The molecule has 1 aliphatic carbocycles. The zero-order valence-electron chi connectivity index (χ0n) is 12.5. The minimum atomic E-state index is -2.87. The molecular formula is C14H17FN4O3S. The summed E-state index contributed by atoms with van der Waals surface area (Å²) < 4.78 is 42.3. The van der Waals surface area contributed by atoms with Crippen molar-refractivity contribution < 1.29 is 17.3 Å². The van der Waals surface area contributed by atoms with Crippen LogP contribution in [0.4, 0.5) is 4.39 Å². The molecule has 0 radical (unpaired) electrons. The van der Waals surface area contributed by atoms with E-state index in [9.17, 15) is 12.8 Å². The summed E-state index contributed by atoms with van der Waals surface area (Å²) in [6.07, 6.45) is 5.52. The Morgan fingerprint density at radius 2 is 2.17 bits per heavy atom. The van der Waals surface area contributed by atoms with Crippen molar-refractivity contribution in [3.05, 3.63) is 18.3 Å². The van der Waals surface area contributed by atoms with Gasteiger partial charge in [-0.2, -0.15) is 10.1 Å². The fourth-order valence-electron chi connectivity index (χ4n) is 3.38. The van der Waals surface area contributed by atoms with Gasteiger partial charge in [0.05, 0.1) is 29.8 Å². The van der Waals surface area contributed by atoms with Crippen LogP contribution in [0.2, 0.25) is 0 Å². The number of aryl methyl sites for hydroxylation is 1. The molecule has 1 atom stereocenters. The van der Waals surface area contributed by atoms with E-state index in [4.69, 9.17) is 4.52 Å². The third kappa shape index (κ3) is 2.66. The predicted octanol–water partition coefficient (Wildman–Crippen LogP) is 1.58. The second-order valence-corrected chi connectivity index (χ2v) is 8.71. The molecule has 2 aromatic heterocycles. The van der Waals surface area contributed by atoms with Crippen LogP contribution in [0.1, 0.15) is 31.1 Å². The topological polar surface area (TPSA) is 90.9 Å². The third-order valence-electron chi connectivity index (χ3n) is 4.96. The molecule has 1 saturated heterocycles. The lowest BCUT2D eigenvalue weighted by atomic mass is 9.96. The maximum atomic E-state index is 12.3. The molecule has 23 heavy (non-hydrogen) atoms. The van der Waals surface area contributed by atoms with Crippen molar-refractivity contribution in [2.75, 3.05) is 18.2 Å². The Bertz CT molecular complexity index is 815. The number of rotatable bonds is 4. The highest BCUT2D eigenvalue weighted by atomic mass is 32.2. The van der Waals surface area contributed by atoms with E-state index in [2.05, 4.69) is 15.2 Å². The smallest absolute Gasteiger partial charge is 0.230 e. The van der Waals surface area contributed by atoms with Gasteiger partial charge in [-0.15, -0.1) is 0 Å². The van der Waals surface area contributed by atoms with Crippen LogP contribution in [0.5, 0.6) is 0 Å². The predicted molar refractivity (Wildman–Crippen MR) is 79.2 cm³/mol. The summed E-state index contributed by atoms with van der Waals surface area (Å²) in [6, 6.07) is 0. The van der Waals surface area contributed by atoms with Gasteiger partial charge in [0.2, 0.25) is 11.7 Å². The van der Waals surface area contributed by atoms with Crippen LogP contribution in [0.3, 0.4) is 0 Å². The Morgan fingerprint density at radius 3 is 2.91 bits per heavy atom. The summed E-state index contributed by atoms with van der Waals surface area (Å²) in [7, 11) is -2.87. The lowest BCUT2D eigenvalue weighted by molar-refractivity contribution is 0.348. The Morgan fingerprint density at radius 1 is 1.39 bits per heavy atom. The first-order valence-electron chi connectivity index (χ1n) is 7.64. The van der Waals surface area contributed by atoms with Crippen molar-refractivity contribution >= 4 is 9.84 Å². The highest BCUT2D eigenvalue weighted by Gasteiger charge is 2.59. The molecule has 1 unspecified atom stereocenters. The van der Waals surface area contributed by atoms with Gasteiger partial charge in [-0.25, -0.2) is 12.8 Å². The van der Waals surface area contributed by atoms with Gasteiger partial charge in [0.25, 0.3) is 0 Å². The largest absolute Gasteiger partial charge is 0.339 e. The summed E-state index contributed by atoms with van der Waals surface area (Å²) in [5, 5.41) is 8.02. The molecule has 9 heteroatoms. The van der Waals surface area contributed by atoms with Crippen LogP contribution in [0, 0.1) is 5.41 Å². The molecule has 0 bridgehead atoms. The van der Waals surface area contributed by atoms with Crippen LogP contribution in [-0.2, 0) is 16.4 Å². The molecule has 2 fully saturated rings. The zero-order chi connectivity index (χ0) is 16.1.